The molecule has 2 heterocycles. The maximum absolute atomic E-state index is 15.1. The van der Waals surface area contributed by atoms with Crippen molar-refractivity contribution >= 4 is 0 Å². The summed E-state index contributed by atoms with van der Waals surface area (Å²) in [6.45, 7) is 0. The van der Waals surface area contributed by atoms with E-state index in [1.807, 2.05) is 30.3 Å². The summed E-state index contributed by atoms with van der Waals surface area (Å²) in [6, 6.07) is 17.1. The first kappa shape index (κ1) is 16.0. The third kappa shape index (κ3) is 2.95. The zero-order valence-corrected chi connectivity index (χ0v) is 13.6. The van der Waals surface area contributed by atoms with Crippen LogP contribution in [0, 0.1) is 11.6 Å². The SMILES string of the molecule is Fc1ccc(-c2cnnc(-c3ccccc3)c2)c(F)c1-c1ccncc1. The van der Waals surface area contributed by atoms with E-state index in [0.29, 0.717) is 16.8 Å². The van der Waals surface area contributed by atoms with Gasteiger partial charge in [-0.1, -0.05) is 30.3 Å². The minimum atomic E-state index is -0.636. The van der Waals surface area contributed by atoms with Gasteiger partial charge in [0.05, 0.1) is 17.5 Å². The molecule has 0 spiro atoms. The first-order valence-corrected chi connectivity index (χ1v) is 8.01. The maximum Gasteiger partial charge on any atom is 0.141 e. The monoisotopic (exact) mass is 345 g/mol. The fraction of sp³-hybridized carbons (Fsp3) is 0. The Hall–Kier alpha value is -3.47. The van der Waals surface area contributed by atoms with E-state index in [0.717, 1.165) is 5.56 Å². The van der Waals surface area contributed by atoms with E-state index in [2.05, 4.69) is 15.2 Å². The van der Waals surface area contributed by atoms with Crippen molar-refractivity contribution in [1.82, 2.24) is 15.2 Å². The van der Waals surface area contributed by atoms with Crippen LogP contribution in [0.2, 0.25) is 0 Å². The van der Waals surface area contributed by atoms with Crippen LogP contribution in [0.3, 0.4) is 0 Å². The van der Waals surface area contributed by atoms with Gasteiger partial charge in [0.15, 0.2) is 0 Å². The Bertz CT molecular complexity index is 1050. The number of benzene rings is 2. The van der Waals surface area contributed by atoms with E-state index >= 15 is 4.39 Å². The molecule has 3 nitrogen and oxygen atoms in total. The molecule has 2 aromatic heterocycles. The number of hydrogen-bond donors (Lipinski definition) is 0. The van der Waals surface area contributed by atoms with E-state index in [1.165, 1.54) is 30.7 Å². The molecule has 0 aliphatic rings. The Balaban J connectivity index is 1.85. The summed E-state index contributed by atoms with van der Waals surface area (Å²) in [7, 11) is 0. The van der Waals surface area contributed by atoms with Crippen molar-refractivity contribution in [3.8, 4) is 33.5 Å². The van der Waals surface area contributed by atoms with Crippen LogP contribution in [0.15, 0.2) is 79.3 Å². The standard InChI is InChI=1S/C21H13F2N3/c22-18-7-6-17(21(23)20(18)15-8-10-24-11-9-15)16-12-19(26-25-13-16)14-4-2-1-3-5-14/h1-13H. The largest absolute Gasteiger partial charge is 0.265 e. The molecule has 0 atom stereocenters. The molecule has 4 rings (SSSR count). The highest BCUT2D eigenvalue weighted by atomic mass is 19.1. The predicted octanol–water partition coefficient (Wildman–Crippen LogP) is 5.15. The van der Waals surface area contributed by atoms with Gasteiger partial charge in [-0.2, -0.15) is 10.2 Å². The molecule has 0 bridgehead atoms. The van der Waals surface area contributed by atoms with E-state index in [1.54, 1.807) is 18.2 Å². The van der Waals surface area contributed by atoms with Gasteiger partial charge in [-0.05, 0) is 35.9 Å². The van der Waals surface area contributed by atoms with Gasteiger partial charge in [-0.15, -0.1) is 0 Å². The van der Waals surface area contributed by atoms with Crippen molar-refractivity contribution in [2.75, 3.05) is 0 Å². The third-order valence-electron chi connectivity index (χ3n) is 4.10. The summed E-state index contributed by atoms with van der Waals surface area (Å²) in [5.41, 5.74) is 2.65. The second-order valence-electron chi connectivity index (χ2n) is 5.72. The van der Waals surface area contributed by atoms with Gasteiger partial charge < -0.3 is 0 Å². The van der Waals surface area contributed by atoms with Crippen molar-refractivity contribution in [2.24, 2.45) is 0 Å². The van der Waals surface area contributed by atoms with Crippen LogP contribution in [-0.4, -0.2) is 15.2 Å². The molecule has 4 aromatic rings. The molecule has 0 N–H and O–H groups in total. The molecule has 26 heavy (non-hydrogen) atoms. The molecule has 0 radical (unpaired) electrons. The van der Waals surface area contributed by atoms with Crippen LogP contribution in [0.4, 0.5) is 8.78 Å². The molecule has 5 heteroatoms. The molecular weight excluding hydrogens is 332 g/mol. The number of hydrogen-bond acceptors (Lipinski definition) is 3. The summed E-state index contributed by atoms with van der Waals surface area (Å²) in [4.78, 5) is 3.89. The van der Waals surface area contributed by atoms with E-state index < -0.39 is 11.6 Å². The summed E-state index contributed by atoms with van der Waals surface area (Å²) >= 11 is 0. The maximum atomic E-state index is 15.1. The minimum absolute atomic E-state index is 0.0806. The highest BCUT2D eigenvalue weighted by Gasteiger charge is 2.17. The van der Waals surface area contributed by atoms with Crippen LogP contribution in [0.25, 0.3) is 33.5 Å². The summed E-state index contributed by atoms with van der Waals surface area (Å²) in [6.07, 6.45) is 4.48. The average molecular weight is 345 g/mol. The smallest absolute Gasteiger partial charge is 0.141 e. The number of halogens is 2. The van der Waals surface area contributed by atoms with Crippen molar-refractivity contribution in [1.29, 1.82) is 0 Å². The number of nitrogens with zero attached hydrogens (tertiary/aromatic N) is 3. The fourth-order valence-corrected chi connectivity index (χ4v) is 2.82. The lowest BCUT2D eigenvalue weighted by molar-refractivity contribution is 0.592. The Labute approximate surface area is 149 Å². The quantitative estimate of drug-likeness (QED) is 0.515. The van der Waals surface area contributed by atoms with Gasteiger partial charge in [0.25, 0.3) is 0 Å². The highest BCUT2D eigenvalue weighted by molar-refractivity contribution is 5.76. The number of rotatable bonds is 3. The topological polar surface area (TPSA) is 38.7 Å². The summed E-state index contributed by atoms with van der Waals surface area (Å²) < 4.78 is 29.4. The minimum Gasteiger partial charge on any atom is -0.265 e. The van der Waals surface area contributed by atoms with Crippen LogP contribution in [0.1, 0.15) is 0 Å². The Morgan fingerprint density at radius 2 is 1.50 bits per heavy atom. The average Bonchev–Trinajstić information content (AvgIpc) is 2.70. The molecule has 126 valence electrons. The van der Waals surface area contributed by atoms with E-state index in [-0.39, 0.29) is 11.1 Å². The second kappa shape index (κ2) is 6.80. The Kier molecular flexibility index (Phi) is 4.19. The van der Waals surface area contributed by atoms with Crippen LogP contribution < -0.4 is 0 Å². The molecule has 0 saturated heterocycles. The van der Waals surface area contributed by atoms with Crippen LogP contribution in [0.5, 0.6) is 0 Å². The zero-order valence-electron chi connectivity index (χ0n) is 13.6. The molecule has 2 aromatic carbocycles. The van der Waals surface area contributed by atoms with Crippen molar-refractivity contribution in [2.45, 2.75) is 0 Å². The molecule has 0 aliphatic carbocycles. The fourth-order valence-electron chi connectivity index (χ4n) is 2.82. The van der Waals surface area contributed by atoms with Gasteiger partial charge in [0.2, 0.25) is 0 Å². The van der Waals surface area contributed by atoms with E-state index in [4.69, 9.17) is 0 Å². The van der Waals surface area contributed by atoms with Gasteiger partial charge in [-0.25, -0.2) is 8.78 Å². The molecule has 0 aliphatic heterocycles. The molecule has 0 amide bonds. The lowest BCUT2D eigenvalue weighted by Crippen LogP contribution is -1.96. The summed E-state index contributed by atoms with van der Waals surface area (Å²) in [5.74, 6) is -1.26. The highest BCUT2D eigenvalue weighted by Crippen LogP contribution is 2.33. The molecule has 0 fully saturated rings. The number of aromatic nitrogens is 3. The first-order valence-electron chi connectivity index (χ1n) is 8.01. The van der Waals surface area contributed by atoms with Crippen molar-refractivity contribution in [3.05, 3.63) is 90.9 Å². The molecular formula is C21H13F2N3. The predicted molar refractivity (Wildman–Crippen MR) is 96.1 cm³/mol. The molecule has 0 unspecified atom stereocenters. The Morgan fingerprint density at radius 1 is 0.731 bits per heavy atom. The van der Waals surface area contributed by atoms with E-state index in [9.17, 15) is 4.39 Å². The van der Waals surface area contributed by atoms with Crippen molar-refractivity contribution < 1.29 is 8.78 Å². The first-order chi connectivity index (χ1) is 12.7. The van der Waals surface area contributed by atoms with Gasteiger partial charge in [0, 0.05) is 29.1 Å². The van der Waals surface area contributed by atoms with Gasteiger partial charge in [0.1, 0.15) is 11.6 Å². The third-order valence-corrected chi connectivity index (χ3v) is 4.10. The molecule has 0 saturated carbocycles. The zero-order chi connectivity index (χ0) is 17.9. The lowest BCUT2D eigenvalue weighted by atomic mass is 9.98. The van der Waals surface area contributed by atoms with Crippen LogP contribution in [-0.2, 0) is 0 Å². The van der Waals surface area contributed by atoms with Crippen LogP contribution >= 0.6 is 0 Å². The number of pyridine rings is 1. The van der Waals surface area contributed by atoms with Gasteiger partial charge >= 0.3 is 0 Å². The Morgan fingerprint density at radius 3 is 2.27 bits per heavy atom. The lowest BCUT2D eigenvalue weighted by Gasteiger charge is -2.10. The second-order valence-corrected chi connectivity index (χ2v) is 5.72. The summed E-state index contributed by atoms with van der Waals surface area (Å²) in [5, 5.41) is 8.09. The van der Waals surface area contributed by atoms with Crippen molar-refractivity contribution in [3.63, 3.8) is 0 Å². The normalized spacial score (nSPS) is 10.7. The van der Waals surface area contributed by atoms with Gasteiger partial charge in [-0.3, -0.25) is 4.98 Å².